The number of carbonyl (C=O) groups is 1. The van der Waals surface area contributed by atoms with Gasteiger partial charge in [-0.05, 0) is 43.7 Å². The maximum Gasteiger partial charge on any atom is 0.338 e. The average molecular weight is 387 g/mol. The highest BCUT2D eigenvalue weighted by molar-refractivity contribution is 6.33. The van der Waals surface area contributed by atoms with Gasteiger partial charge in [0.2, 0.25) is 0 Å². The van der Waals surface area contributed by atoms with Crippen molar-refractivity contribution in [1.29, 1.82) is 0 Å². The Morgan fingerprint density at radius 2 is 2.04 bits per heavy atom. The van der Waals surface area contributed by atoms with Crippen LogP contribution in [0.4, 0.5) is 0 Å². The summed E-state index contributed by atoms with van der Waals surface area (Å²) in [4.78, 5) is 24.2. The van der Waals surface area contributed by atoms with Crippen molar-refractivity contribution in [2.75, 3.05) is 0 Å². The van der Waals surface area contributed by atoms with Crippen molar-refractivity contribution in [1.82, 2.24) is 19.5 Å². The second-order valence-corrected chi connectivity index (χ2v) is 7.14. The minimum Gasteiger partial charge on any atom is -0.459 e. The number of nitrogens with zero attached hydrogens (tertiary/aromatic N) is 4. The quantitative estimate of drug-likeness (QED) is 0.516. The minimum absolute atomic E-state index is 0.0412. The fraction of sp³-hybridized carbons (Fsp3) is 0.368. The van der Waals surface area contributed by atoms with Crippen LogP contribution < -0.4 is 0 Å². The largest absolute Gasteiger partial charge is 0.459 e. The van der Waals surface area contributed by atoms with Gasteiger partial charge in [-0.15, -0.1) is 0 Å². The van der Waals surface area contributed by atoms with Crippen LogP contribution in [-0.4, -0.2) is 36.7 Å². The second kappa shape index (κ2) is 7.62. The number of aliphatic hydroxyl groups excluding tert-OH is 1. The maximum absolute atomic E-state index is 12.0. The normalized spacial score (nSPS) is 20.2. The predicted octanol–water partition coefficient (Wildman–Crippen LogP) is 3.39. The lowest BCUT2D eigenvalue weighted by molar-refractivity contribution is -0.0175. The summed E-state index contributed by atoms with van der Waals surface area (Å²) >= 11 is 5.99. The first-order chi connectivity index (χ1) is 13.1. The van der Waals surface area contributed by atoms with Gasteiger partial charge in [0.1, 0.15) is 24.2 Å². The van der Waals surface area contributed by atoms with E-state index in [0.717, 1.165) is 19.3 Å². The Morgan fingerprint density at radius 1 is 1.26 bits per heavy atom. The van der Waals surface area contributed by atoms with E-state index in [0.29, 0.717) is 29.1 Å². The van der Waals surface area contributed by atoms with Crippen LogP contribution in [-0.2, 0) is 4.74 Å². The Labute approximate surface area is 161 Å². The molecule has 1 atom stereocenters. The summed E-state index contributed by atoms with van der Waals surface area (Å²) in [5.41, 5.74) is 1.57. The standard InChI is InChI=1S/C19H19ClN4O3/c20-17-16-18(22-10-21-17)24(11-23-16)15(25)7-6-12-8-14(9-12)27-19(26)13-4-2-1-3-5-13/h1-5,10-12,14-15,25H,6-9H2/t12?,14?,15-/m1/s1. The number of ether oxygens (including phenoxy) is 1. The Kier molecular flexibility index (Phi) is 5.05. The van der Waals surface area contributed by atoms with Crippen LogP contribution in [0.3, 0.4) is 0 Å². The van der Waals surface area contributed by atoms with Gasteiger partial charge in [-0.2, -0.15) is 0 Å². The Bertz CT molecular complexity index is 941. The van der Waals surface area contributed by atoms with E-state index in [1.807, 2.05) is 18.2 Å². The van der Waals surface area contributed by atoms with Crippen molar-refractivity contribution in [3.63, 3.8) is 0 Å². The number of aromatic nitrogens is 4. The summed E-state index contributed by atoms with van der Waals surface area (Å²) in [6, 6.07) is 9.00. The zero-order chi connectivity index (χ0) is 18.8. The van der Waals surface area contributed by atoms with E-state index in [9.17, 15) is 9.90 Å². The van der Waals surface area contributed by atoms with Gasteiger partial charge in [-0.25, -0.2) is 19.7 Å². The van der Waals surface area contributed by atoms with Crippen molar-refractivity contribution < 1.29 is 14.6 Å². The molecule has 0 bridgehead atoms. The van der Waals surface area contributed by atoms with Gasteiger partial charge >= 0.3 is 5.97 Å². The molecule has 0 saturated heterocycles. The van der Waals surface area contributed by atoms with Crippen LogP contribution >= 0.6 is 11.6 Å². The van der Waals surface area contributed by atoms with Gasteiger partial charge in [0.15, 0.2) is 10.8 Å². The smallest absolute Gasteiger partial charge is 0.338 e. The van der Waals surface area contributed by atoms with E-state index in [-0.39, 0.29) is 17.2 Å². The fourth-order valence-corrected chi connectivity index (χ4v) is 3.54. The Morgan fingerprint density at radius 3 is 2.81 bits per heavy atom. The Hall–Kier alpha value is -2.51. The maximum atomic E-state index is 12.0. The van der Waals surface area contributed by atoms with Crippen molar-refractivity contribution in [2.45, 2.75) is 38.0 Å². The molecule has 140 valence electrons. The lowest BCUT2D eigenvalue weighted by atomic mass is 9.79. The number of carbonyl (C=O) groups excluding carboxylic acids is 1. The first-order valence-corrected chi connectivity index (χ1v) is 9.26. The van der Waals surface area contributed by atoms with Gasteiger partial charge in [0, 0.05) is 0 Å². The third-order valence-corrected chi connectivity index (χ3v) is 5.22. The number of esters is 1. The van der Waals surface area contributed by atoms with E-state index in [1.54, 1.807) is 16.7 Å². The van der Waals surface area contributed by atoms with Gasteiger partial charge in [-0.1, -0.05) is 29.8 Å². The van der Waals surface area contributed by atoms with E-state index in [4.69, 9.17) is 16.3 Å². The molecular formula is C19H19ClN4O3. The highest BCUT2D eigenvalue weighted by Gasteiger charge is 2.32. The molecule has 1 N–H and O–H groups in total. The average Bonchev–Trinajstić information content (AvgIpc) is 3.09. The third-order valence-electron chi connectivity index (χ3n) is 4.94. The first-order valence-electron chi connectivity index (χ1n) is 8.89. The van der Waals surface area contributed by atoms with Gasteiger partial charge in [-0.3, -0.25) is 4.57 Å². The lowest BCUT2D eigenvalue weighted by Gasteiger charge is -2.35. The molecule has 8 heteroatoms. The predicted molar refractivity (Wildman–Crippen MR) is 99.2 cm³/mol. The highest BCUT2D eigenvalue weighted by atomic mass is 35.5. The van der Waals surface area contributed by atoms with Crippen LogP contribution in [0.5, 0.6) is 0 Å². The molecule has 1 saturated carbocycles. The van der Waals surface area contributed by atoms with Gasteiger partial charge in [0.05, 0.1) is 11.9 Å². The second-order valence-electron chi connectivity index (χ2n) is 6.78. The number of fused-ring (bicyclic) bond motifs is 1. The summed E-state index contributed by atoms with van der Waals surface area (Å²) in [5.74, 6) is 0.154. The summed E-state index contributed by atoms with van der Waals surface area (Å²) < 4.78 is 7.11. The van der Waals surface area contributed by atoms with Gasteiger partial charge < -0.3 is 9.84 Å². The Balaban J connectivity index is 1.26. The molecule has 3 aromatic rings. The molecule has 1 aliphatic carbocycles. The molecule has 1 aliphatic rings. The molecule has 4 rings (SSSR count). The summed E-state index contributed by atoms with van der Waals surface area (Å²) in [7, 11) is 0. The third kappa shape index (κ3) is 3.79. The zero-order valence-corrected chi connectivity index (χ0v) is 15.3. The highest BCUT2D eigenvalue weighted by Crippen LogP contribution is 2.35. The number of benzene rings is 1. The molecule has 0 unspecified atom stereocenters. The van der Waals surface area contributed by atoms with Crippen LogP contribution in [0.15, 0.2) is 43.0 Å². The van der Waals surface area contributed by atoms with E-state index in [1.165, 1.54) is 12.7 Å². The number of rotatable bonds is 6. The molecule has 27 heavy (non-hydrogen) atoms. The van der Waals surface area contributed by atoms with E-state index in [2.05, 4.69) is 15.0 Å². The first kappa shape index (κ1) is 17.9. The van der Waals surface area contributed by atoms with Gasteiger partial charge in [0.25, 0.3) is 0 Å². The summed E-state index contributed by atoms with van der Waals surface area (Å²) in [5, 5.41) is 10.7. The van der Waals surface area contributed by atoms with Crippen molar-refractivity contribution >= 4 is 28.7 Å². The topological polar surface area (TPSA) is 90.1 Å². The molecule has 0 amide bonds. The van der Waals surface area contributed by atoms with Crippen LogP contribution in [0.25, 0.3) is 11.2 Å². The molecule has 1 fully saturated rings. The zero-order valence-electron chi connectivity index (χ0n) is 14.5. The summed E-state index contributed by atoms with van der Waals surface area (Å²) in [6.07, 6.45) is 5.16. The molecule has 0 spiro atoms. The number of hydrogen-bond donors (Lipinski definition) is 1. The molecule has 1 aromatic carbocycles. The number of hydrogen-bond acceptors (Lipinski definition) is 6. The van der Waals surface area contributed by atoms with E-state index >= 15 is 0 Å². The molecule has 2 heterocycles. The van der Waals surface area contributed by atoms with Crippen LogP contribution in [0.2, 0.25) is 5.15 Å². The van der Waals surface area contributed by atoms with Crippen molar-refractivity contribution in [3.05, 3.63) is 53.7 Å². The monoisotopic (exact) mass is 386 g/mol. The molecule has 2 aromatic heterocycles. The van der Waals surface area contributed by atoms with Crippen LogP contribution in [0.1, 0.15) is 42.3 Å². The molecule has 0 radical (unpaired) electrons. The molecule has 7 nitrogen and oxygen atoms in total. The van der Waals surface area contributed by atoms with E-state index < -0.39 is 6.23 Å². The summed E-state index contributed by atoms with van der Waals surface area (Å²) in [6.45, 7) is 0. The number of halogens is 1. The van der Waals surface area contributed by atoms with Crippen molar-refractivity contribution in [2.24, 2.45) is 5.92 Å². The lowest BCUT2D eigenvalue weighted by Crippen LogP contribution is -2.33. The van der Waals surface area contributed by atoms with Crippen molar-refractivity contribution in [3.8, 4) is 0 Å². The SMILES string of the molecule is O=C(OC1CC(CC[C@@H](O)n2cnc3c(Cl)ncnc32)C1)c1ccccc1. The fourth-order valence-electron chi connectivity index (χ4n) is 3.37. The number of aliphatic hydroxyl groups is 1. The molecular weight excluding hydrogens is 368 g/mol. The van der Waals surface area contributed by atoms with Crippen LogP contribution in [0, 0.1) is 5.92 Å². The minimum atomic E-state index is -0.730. The number of imidazole rings is 1. The molecule has 0 aliphatic heterocycles.